The van der Waals surface area contributed by atoms with Crippen molar-refractivity contribution in [2.24, 2.45) is 0 Å². The number of carboxylic acid groups (broad SMARTS) is 1. The van der Waals surface area contributed by atoms with Crippen molar-refractivity contribution in [2.75, 3.05) is 12.3 Å². The number of hydrogen-bond acceptors (Lipinski definition) is 3. The van der Waals surface area contributed by atoms with Gasteiger partial charge in [0.25, 0.3) is 5.91 Å². The Morgan fingerprint density at radius 1 is 1.37 bits per heavy atom. The summed E-state index contributed by atoms with van der Waals surface area (Å²) < 4.78 is 0. The van der Waals surface area contributed by atoms with Gasteiger partial charge in [-0.2, -0.15) is 0 Å². The topological polar surface area (TPSA) is 83.6 Å². The largest absolute Gasteiger partial charge is 0.479 e. The molecule has 1 unspecified atom stereocenters. The minimum Gasteiger partial charge on any atom is -0.479 e. The molecule has 1 aromatic rings. The zero-order chi connectivity index (χ0) is 14.0. The zero-order valence-corrected chi connectivity index (χ0v) is 10.9. The van der Waals surface area contributed by atoms with Gasteiger partial charge in [-0.25, -0.2) is 4.79 Å². The lowest BCUT2D eigenvalue weighted by atomic mass is 9.92. The maximum absolute atomic E-state index is 12.5. The van der Waals surface area contributed by atoms with Crippen molar-refractivity contribution in [1.29, 1.82) is 0 Å². The smallest absolute Gasteiger partial charge is 0.329 e. The molecule has 102 valence electrons. The Morgan fingerprint density at radius 3 is 2.53 bits per heavy atom. The highest BCUT2D eigenvalue weighted by Gasteiger charge is 2.48. The maximum atomic E-state index is 12.5. The van der Waals surface area contributed by atoms with Gasteiger partial charge in [0.05, 0.1) is 0 Å². The Balaban J connectivity index is 2.32. The van der Waals surface area contributed by atoms with Gasteiger partial charge >= 0.3 is 5.97 Å². The van der Waals surface area contributed by atoms with Crippen LogP contribution in [0.15, 0.2) is 24.3 Å². The van der Waals surface area contributed by atoms with Gasteiger partial charge < -0.3 is 15.7 Å². The molecule has 0 saturated carbocycles. The van der Waals surface area contributed by atoms with Gasteiger partial charge in [-0.15, -0.1) is 0 Å². The molecule has 0 radical (unpaired) electrons. The van der Waals surface area contributed by atoms with E-state index in [1.165, 1.54) is 4.90 Å². The zero-order valence-electron chi connectivity index (χ0n) is 10.9. The summed E-state index contributed by atoms with van der Waals surface area (Å²) in [5, 5.41) is 9.46. The molecule has 1 atom stereocenters. The Hall–Kier alpha value is -2.04. The molecule has 2 rings (SSSR count). The summed E-state index contributed by atoms with van der Waals surface area (Å²) in [6, 6.07) is 6.58. The highest BCUT2D eigenvalue weighted by atomic mass is 16.4. The SMILES string of the molecule is CCC1(C(=O)O)CCCN1C(=O)c1ccc(N)cc1. The van der Waals surface area contributed by atoms with E-state index in [0.717, 1.165) is 6.42 Å². The number of nitrogens with two attached hydrogens (primary N) is 1. The molecule has 0 spiro atoms. The predicted molar refractivity (Wildman–Crippen MR) is 71.8 cm³/mol. The van der Waals surface area contributed by atoms with Crippen LogP contribution in [0, 0.1) is 0 Å². The number of aliphatic carboxylic acids is 1. The van der Waals surface area contributed by atoms with E-state index in [9.17, 15) is 14.7 Å². The molecule has 1 heterocycles. The Labute approximate surface area is 112 Å². The van der Waals surface area contributed by atoms with Gasteiger partial charge in [0.2, 0.25) is 0 Å². The third kappa shape index (κ3) is 2.16. The number of rotatable bonds is 3. The summed E-state index contributed by atoms with van der Waals surface area (Å²) in [6.07, 6.45) is 1.66. The number of carboxylic acids is 1. The van der Waals surface area contributed by atoms with Gasteiger partial charge in [-0.3, -0.25) is 4.79 Å². The number of amides is 1. The van der Waals surface area contributed by atoms with Crippen LogP contribution in [-0.4, -0.2) is 34.0 Å². The van der Waals surface area contributed by atoms with Crippen LogP contribution in [0.1, 0.15) is 36.5 Å². The standard InChI is InChI=1S/C14H18N2O3/c1-2-14(13(18)19)8-3-9-16(14)12(17)10-4-6-11(15)7-5-10/h4-7H,2-3,8-9,15H2,1H3,(H,18,19). The molecule has 1 saturated heterocycles. The van der Waals surface area contributed by atoms with Gasteiger partial charge in [0.15, 0.2) is 0 Å². The third-order valence-corrected chi connectivity index (χ3v) is 3.87. The second-order valence-electron chi connectivity index (χ2n) is 4.87. The van der Waals surface area contributed by atoms with Gasteiger partial charge in [-0.1, -0.05) is 6.92 Å². The third-order valence-electron chi connectivity index (χ3n) is 3.87. The monoisotopic (exact) mass is 262 g/mol. The highest BCUT2D eigenvalue weighted by molar-refractivity contribution is 5.98. The summed E-state index contributed by atoms with van der Waals surface area (Å²) in [4.78, 5) is 25.5. The lowest BCUT2D eigenvalue weighted by Crippen LogP contribution is -2.52. The molecule has 0 bridgehead atoms. The number of nitrogen functional groups attached to an aromatic ring is 1. The first-order chi connectivity index (χ1) is 9.01. The lowest BCUT2D eigenvalue weighted by Gasteiger charge is -2.34. The number of anilines is 1. The van der Waals surface area contributed by atoms with E-state index in [0.29, 0.717) is 30.6 Å². The normalized spacial score (nSPS) is 22.5. The molecule has 3 N–H and O–H groups in total. The molecule has 1 aromatic carbocycles. The van der Waals surface area contributed by atoms with Crippen LogP contribution in [-0.2, 0) is 4.79 Å². The minimum atomic E-state index is -1.06. The van der Waals surface area contributed by atoms with Crippen LogP contribution in [0.3, 0.4) is 0 Å². The van der Waals surface area contributed by atoms with Crippen molar-refractivity contribution in [3.63, 3.8) is 0 Å². The first-order valence-electron chi connectivity index (χ1n) is 6.42. The number of carbonyl (C=O) groups excluding carboxylic acids is 1. The lowest BCUT2D eigenvalue weighted by molar-refractivity contribution is -0.148. The van der Waals surface area contributed by atoms with E-state index < -0.39 is 11.5 Å². The fourth-order valence-electron chi connectivity index (χ4n) is 2.70. The maximum Gasteiger partial charge on any atom is 0.329 e. The van der Waals surface area contributed by atoms with Gasteiger partial charge in [0.1, 0.15) is 5.54 Å². The summed E-state index contributed by atoms with van der Waals surface area (Å²) in [5.41, 5.74) is 5.59. The van der Waals surface area contributed by atoms with Crippen molar-refractivity contribution in [2.45, 2.75) is 31.7 Å². The van der Waals surface area contributed by atoms with Crippen LogP contribution in [0.5, 0.6) is 0 Å². The molecular weight excluding hydrogens is 244 g/mol. The molecule has 1 fully saturated rings. The van der Waals surface area contributed by atoms with E-state index in [2.05, 4.69) is 0 Å². The quantitative estimate of drug-likeness (QED) is 0.813. The molecule has 5 heteroatoms. The molecule has 0 aliphatic carbocycles. The number of hydrogen-bond donors (Lipinski definition) is 2. The highest BCUT2D eigenvalue weighted by Crippen LogP contribution is 2.34. The Kier molecular flexibility index (Phi) is 3.46. The van der Waals surface area contributed by atoms with E-state index in [4.69, 9.17) is 5.73 Å². The van der Waals surface area contributed by atoms with Gasteiger partial charge in [-0.05, 0) is 43.5 Å². The molecule has 1 aliphatic heterocycles. The first-order valence-corrected chi connectivity index (χ1v) is 6.42. The summed E-state index contributed by atoms with van der Waals surface area (Å²) >= 11 is 0. The number of carbonyl (C=O) groups is 2. The summed E-state index contributed by atoms with van der Waals surface area (Å²) in [7, 11) is 0. The fourth-order valence-corrected chi connectivity index (χ4v) is 2.70. The van der Waals surface area contributed by atoms with E-state index in [1.54, 1.807) is 24.3 Å². The van der Waals surface area contributed by atoms with Crippen molar-refractivity contribution in [3.05, 3.63) is 29.8 Å². The molecule has 5 nitrogen and oxygen atoms in total. The predicted octanol–water partition coefficient (Wildman–Crippen LogP) is 1.74. The summed E-state index contributed by atoms with van der Waals surface area (Å²) in [5.74, 6) is -1.15. The fraction of sp³-hybridized carbons (Fsp3) is 0.429. The molecule has 1 amide bonds. The Bertz CT molecular complexity index is 498. The average Bonchev–Trinajstić information content (AvgIpc) is 2.83. The van der Waals surface area contributed by atoms with Crippen molar-refractivity contribution >= 4 is 17.6 Å². The molecule has 0 aromatic heterocycles. The van der Waals surface area contributed by atoms with Crippen LogP contribution < -0.4 is 5.73 Å². The van der Waals surface area contributed by atoms with Crippen LogP contribution in [0.25, 0.3) is 0 Å². The molecule has 1 aliphatic rings. The summed E-state index contributed by atoms with van der Waals surface area (Å²) in [6.45, 7) is 2.30. The number of benzene rings is 1. The van der Waals surface area contributed by atoms with E-state index in [-0.39, 0.29) is 5.91 Å². The van der Waals surface area contributed by atoms with Crippen LogP contribution in [0.4, 0.5) is 5.69 Å². The minimum absolute atomic E-state index is 0.234. The van der Waals surface area contributed by atoms with Crippen molar-refractivity contribution in [1.82, 2.24) is 4.90 Å². The second kappa shape index (κ2) is 4.91. The number of nitrogens with zero attached hydrogens (tertiary/aromatic N) is 1. The Morgan fingerprint density at radius 2 is 2.00 bits per heavy atom. The second-order valence-corrected chi connectivity index (χ2v) is 4.87. The van der Waals surface area contributed by atoms with E-state index in [1.807, 2.05) is 6.92 Å². The first kappa shape index (κ1) is 13.4. The van der Waals surface area contributed by atoms with Crippen molar-refractivity contribution in [3.8, 4) is 0 Å². The molecule has 19 heavy (non-hydrogen) atoms. The number of likely N-dealkylation sites (tertiary alicyclic amines) is 1. The van der Waals surface area contributed by atoms with Crippen molar-refractivity contribution < 1.29 is 14.7 Å². The van der Waals surface area contributed by atoms with Crippen LogP contribution >= 0.6 is 0 Å². The van der Waals surface area contributed by atoms with E-state index >= 15 is 0 Å². The van der Waals surface area contributed by atoms with Crippen LogP contribution in [0.2, 0.25) is 0 Å². The van der Waals surface area contributed by atoms with Gasteiger partial charge in [0, 0.05) is 17.8 Å². The average molecular weight is 262 g/mol. The molecular formula is C14H18N2O3.